The van der Waals surface area contributed by atoms with E-state index in [0.29, 0.717) is 13.0 Å². The maximum Gasteiger partial charge on any atom is 0.405 e. The number of hydrogen-bond donors (Lipinski definition) is 1. The number of rotatable bonds is 6. The molecule has 19 heavy (non-hydrogen) atoms. The minimum atomic E-state index is -4.32. The fraction of sp³-hybridized carbons (Fsp3) is 0.636. The topological polar surface area (TPSA) is 64.3 Å². The summed E-state index contributed by atoms with van der Waals surface area (Å²) < 4.78 is 42.8. The van der Waals surface area contributed by atoms with E-state index >= 15 is 0 Å². The lowest BCUT2D eigenvalue weighted by molar-refractivity contribution is -0.119. The first-order valence-electron chi connectivity index (χ1n) is 5.94. The van der Waals surface area contributed by atoms with E-state index in [0.717, 1.165) is 11.2 Å². The fourth-order valence-electron chi connectivity index (χ4n) is 1.62. The lowest BCUT2D eigenvalue weighted by Gasteiger charge is -2.25. The second-order valence-electron chi connectivity index (χ2n) is 3.89. The normalized spacial score (nSPS) is 11.4. The molecule has 108 valence electrons. The van der Waals surface area contributed by atoms with Crippen molar-refractivity contribution in [2.45, 2.75) is 26.4 Å². The summed E-state index contributed by atoms with van der Waals surface area (Å²) in [7, 11) is 0. The van der Waals surface area contributed by atoms with E-state index in [1.165, 1.54) is 0 Å². The van der Waals surface area contributed by atoms with Crippen LogP contribution in [0, 0.1) is 0 Å². The molecular formula is C11H17F3N4O. The molecule has 1 aromatic heterocycles. The Bertz CT molecular complexity index is 411. The quantitative estimate of drug-likeness (QED) is 0.864. The van der Waals surface area contributed by atoms with Crippen LogP contribution in [0.1, 0.15) is 20.3 Å². The number of ether oxygens (including phenoxy) is 1. The van der Waals surface area contributed by atoms with Gasteiger partial charge < -0.3 is 15.4 Å². The summed E-state index contributed by atoms with van der Waals surface area (Å²) >= 11 is 0. The lowest BCUT2D eigenvalue weighted by atomic mass is 10.3. The van der Waals surface area contributed by atoms with Gasteiger partial charge in [-0.2, -0.15) is 18.2 Å². The largest absolute Gasteiger partial charge is 0.476 e. The molecule has 2 N–H and O–H groups in total. The number of nitrogens with two attached hydrogens (primary N) is 1. The van der Waals surface area contributed by atoms with Crippen LogP contribution in [0.2, 0.25) is 0 Å². The second-order valence-corrected chi connectivity index (χ2v) is 3.89. The molecule has 0 fully saturated rings. The highest BCUT2D eigenvalue weighted by atomic mass is 19.4. The van der Waals surface area contributed by atoms with Gasteiger partial charge in [0.15, 0.2) is 5.82 Å². The van der Waals surface area contributed by atoms with Gasteiger partial charge in [0.05, 0.1) is 6.61 Å². The third kappa shape index (κ3) is 4.46. The van der Waals surface area contributed by atoms with Crippen molar-refractivity contribution >= 4 is 11.5 Å². The van der Waals surface area contributed by atoms with Crippen molar-refractivity contribution in [3.05, 3.63) is 6.33 Å². The molecule has 5 nitrogen and oxygen atoms in total. The van der Waals surface area contributed by atoms with Crippen molar-refractivity contribution in [3.63, 3.8) is 0 Å². The zero-order chi connectivity index (χ0) is 14.5. The Morgan fingerprint density at radius 1 is 1.32 bits per heavy atom. The zero-order valence-corrected chi connectivity index (χ0v) is 10.9. The van der Waals surface area contributed by atoms with Gasteiger partial charge in [-0.1, -0.05) is 6.92 Å². The highest BCUT2D eigenvalue weighted by molar-refractivity contribution is 5.67. The van der Waals surface area contributed by atoms with Gasteiger partial charge in [0.25, 0.3) is 0 Å². The second kappa shape index (κ2) is 6.44. The Balaban J connectivity index is 3.05. The molecule has 0 spiro atoms. The first-order valence-corrected chi connectivity index (χ1v) is 5.94. The first kappa shape index (κ1) is 15.3. The molecule has 0 aliphatic rings. The van der Waals surface area contributed by atoms with Gasteiger partial charge in [-0.15, -0.1) is 0 Å². The summed E-state index contributed by atoms with van der Waals surface area (Å²) in [4.78, 5) is 8.72. The highest BCUT2D eigenvalue weighted by Crippen LogP contribution is 2.30. The lowest BCUT2D eigenvalue weighted by Crippen LogP contribution is -2.36. The van der Waals surface area contributed by atoms with Gasteiger partial charge in [0.1, 0.15) is 18.6 Å². The number of nitrogen functional groups attached to an aromatic ring is 1. The molecule has 0 unspecified atom stereocenters. The summed E-state index contributed by atoms with van der Waals surface area (Å²) in [5, 5.41) is 0. The Kier molecular flexibility index (Phi) is 5.20. The van der Waals surface area contributed by atoms with Crippen LogP contribution in [-0.2, 0) is 0 Å². The molecule has 0 bridgehead atoms. The summed E-state index contributed by atoms with van der Waals surface area (Å²) in [6.45, 7) is 2.94. The van der Waals surface area contributed by atoms with Gasteiger partial charge in [-0.05, 0) is 13.3 Å². The molecule has 1 rings (SSSR count). The van der Waals surface area contributed by atoms with Gasteiger partial charge in [-0.3, -0.25) is 0 Å². The third-order valence-electron chi connectivity index (χ3n) is 2.27. The van der Waals surface area contributed by atoms with Crippen LogP contribution >= 0.6 is 0 Å². The Labute approximate surface area is 109 Å². The van der Waals surface area contributed by atoms with E-state index in [-0.39, 0.29) is 23.9 Å². The number of nitrogens with zero attached hydrogens (tertiary/aromatic N) is 3. The zero-order valence-electron chi connectivity index (χ0n) is 10.9. The Morgan fingerprint density at radius 2 is 2.00 bits per heavy atom. The van der Waals surface area contributed by atoms with Crippen LogP contribution in [0.25, 0.3) is 0 Å². The summed E-state index contributed by atoms with van der Waals surface area (Å²) in [5.74, 6) is 0.161. The van der Waals surface area contributed by atoms with Gasteiger partial charge in [-0.25, -0.2) is 4.98 Å². The monoisotopic (exact) mass is 278 g/mol. The summed E-state index contributed by atoms with van der Waals surface area (Å²) in [5.41, 5.74) is 5.79. The van der Waals surface area contributed by atoms with E-state index < -0.39 is 12.7 Å². The van der Waals surface area contributed by atoms with Crippen LogP contribution in [0.4, 0.5) is 24.7 Å². The molecule has 0 saturated heterocycles. The SMILES string of the molecule is CCCN(CC(F)(F)F)c1ncnc(OCC)c1N. The minimum Gasteiger partial charge on any atom is -0.476 e. The molecule has 1 aromatic rings. The highest BCUT2D eigenvalue weighted by Gasteiger charge is 2.32. The average Bonchev–Trinajstić information content (AvgIpc) is 2.30. The van der Waals surface area contributed by atoms with Gasteiger partial charge in [0, 0.05) is 6.54 Å². The maximum atomic E-state index is 12.5. The smallest absolute Gasteiger partial charge is 0.405 e. The average molecular weight is 278 g/mol. The maximum absolute atomic E-state index is 12.5. The van der Waals surface area contributed by atoms with Crippen LogP contribution in [0.15, 0.2) is 6.33 Å². The van der Waals surface area contributed by atoms with Crippen molar-refractivity contribution in [1.82, 2.24) is 9.97 Å². The molecule has 0 aliphatic heterocycles. The number of alkyl halides is 3. The molecular weight excluding hydrogens is 261 g/mol. The molecule has 8 heteroatoms. The molecule has 0 aromatic carbocycles. The van der Waals surface area contributed by atoms with E-state index in [4.69, 9.17) is 10.5 Å². The number of halogens is 3. The number of hydrogen-bond acceptors (Lipinski definition) is 5. The van der Waals surface area contributed by atoms with Crippen LogP contribution < -0.4 is 15.4 Å². The van der Waals surface area contributed by atoms with Crippen molar-refractivity contribution in [2.75, 3.05) is 30.3 Å². The molecule has 0 saturated carbocycles. The summed E-state index contributed by atoms with van der Waals surface area (Å²) in [6.07, 6.45) is -2.63. The molecule has 0 radical (unpaired) electrons. The predicted octanol–water partition coefficient (Wildman–Crippen LogP) is 2.24. The van der Waals surface area contributed by atoms with E-state index in [2.05, 4.69) is 9.97 Å². The van der Waals surface area contributed by atoms with E-state index in [1.807, 2.05) is 0 Å². The van der Waals surface area contributed by atoms with Crippen molar-refractivity contribution in [2.24, 2.45) is 0 Å². The number of anilines is 2. The van der Waals surface area contributed by atoms with Crippen LogP contribution in [0.3, 0.4) is 0 Å². The van der Waals surface area contributed by atoms with Crippen LogP contribution in [-0.4, -0.2) is 35.8 Å². The molecule has 0 amide bonds. The fourth-order valence-corrected chi connectivity index (χ4v) is 1.62. The van der Waals surface area contributed by atoms with Crippen LogP contribution in [0.5, 0.6) is 5.88 Å². The van der Waals surface area contributed by atoms with Gasteiger partial charge in [0.2, 0.25) is 5.88 Å². The van der Waals surface area contributed by atoms with Crippen molar-refractivity contribution in [3.8, 4) is 5.88 Å². The minimum absolute atomic E-state index is 0.0297. The Morgan fingerprint density at radius 3 is 2.53 bits per heavy atom. The number of aromatic nitrogens is 2. The third-order valence-corrected chi connectivity index (χ3v) is 2.27. The molecule has 1 heterocycles. The van der Waals surface area contributed by atoms with E-state index in [1.54, 1.807) is 13.8 Å². The standard InChI is InChI=1S/C11H17F3N4O/c1-3-5-18(6-11(12,13)14)9-8(15)10(19-4-2)17-7-16-9/h7H,3-6,15H2,1-2H3. The Hall–Kier alpha value is -1.73. The van der Waals surface area contributed by atoms with Crippen molar-refractivity contribution in [1.29, 1.82) is 0 Å². The van der Waals surface area contributed by atoms with E-state index in [9.17, 15) is 13.2 Å². The predicted molar refractivity (Wildman–Crippen MR) is 66.2 cm³/mol. The van der Waals surface area contributed by atoms with Crippen molar-refractivity contribution < 1.29 is 17.9 Å². The molecule has 0 atom stereocenters. The van der Waals surface area contributed by atoms with Gasteiger partial charge >= 0.3 is 6.18 Å². The summed E-state index contributed by atoms with van der Waals surface area (Å²) in [6, 6.07) is 0. The first-order chi connectivity index (χ1) is 8.89. The molecule has 0 aliphatic carbocycles.